The molecule has 4 heterocycles. The van der Waals surface area contributed by atoms with E-state index in [9.17, 15) is 19.2 Å². The van der Waals surface area contributed by atoms with E-state index in [0.717, 1.165) is 56.9 Å². The predicted octanol–water partition coefficient (Wildman–Crippen LogP) is 11.9. The second-order valence-electron chi connectivity index (χ2n) is 23.8. The summed E-state index contributed by atoms with van der Waals surface area (Å²) in [4.78, 5) is 74.1. The normalized spacial score (nSPS) is 25.0. The molecule has 79 heavy (non-hydrogen) atoms. The molecule has 4 aromatic carbocycles. The molecule has 2 aromatic heterocycles. The molecule has 13 rings (SSSR count). The molecule has 5 aliphatic carbocycles. The number of carbonyl (C=O) groups is 4. The number of fused-ring (bicyclic) bond motifs is 8. The fourth-order valence-corrected chi connectivity index (χ4v) is 14.8. The van der Waals surface area contributed by atoms with E-state index in [0.29, 0.717) is 52.2 Å². The van der Waals surface area contributed by atoms with Crippen molar-refractivity contribution in [1.29, 1.82) is 0 Å². The maximum atomic E-state index is 18.9. The number of amides is 4. The van der Waals surface area contributed by atoms with Crippen LogP contribution in [0.2, 0.25) is 0 Å². The van der Waals surface area contributed by atoms with Gasteiger partial charge in [0.05, 0.1) is 37.3 Å². The van der Waals surface area contributed by atoms with Crippen molar-refractivity contribution in [3.8, 4) is 22.3 Å². The number of nitrogens with one attached hydrogen (secondary N) is 4. The first-order valence-corrected chi connectivity index (χ1v) is 28.4. The number of halogens is 4. The van der Waals surface area contributed by atoms with Crippen LogP contribution in [0.1, 0.15) is 150 Å². The first kappa shape index (κ1) is 52.7. The molecule has 4 bridgehead atoms. The molecule has 14 nitrogen and oxygen atoms in total. The highest BCUT2D eigenvalue weighted by Gasteiger charge is 2.51. The number of aromatic nitrogens is 4. The quantitative estimate of drug-likeness (QED) is 0.0981. The van der Waals surface area contributed by atoms with Gasteiger partial charge in [-0.25, -0.2) is 37.1 Å². The summed E-state index contributed by atoms with van der Waals surface area (Å²) in [7, 11) is 2.51. The van der Waals surface area contributed by atoms with Crippen molar-refractivity contribution in [2.75, 3.05) is 14.2 Å². The van der Waals surface area contributed by atoms with Crippen LogP contribution in [-0.2, 0) is 44.0 Å². The maximum Gasteiger partial charge on any atom is 0.407 e. The van der Waals surface area contributed by atoms with Gasteiger partial charge in [0.15, 0.2) is 17.3 Å². The zero-order chi connectivity index (χ0) is 55.3. The third kappa shape index (κ3) is 8.81. The Kier molecular flexibility index (Phi) is 13.5. The Balaban J connectivity index is 0.903. The van der Waals surface area contributed by atoms with Crippen molar-refractivity contribution in [3.05, 3.63) is 105 Å². The number of imidazole rings is 2. The molecular formula is C61H68F4N8O6. The SMILES string of the molecule is COC(=O)N[C@H](C(=O)N1[C@H](c2nc3c(F)c(-c4cc5cc6c4CCc4cc(F)c(c(-c7ccc8[nH]c([C@@H]9C[C@@H]%10CCCC[C@@H]%10N9C(=O)[C@@H](NC(=O)OC)C(C)C)nc8c7F)c4)C6(F)CC5)ccc3[nH]2)C[C@@H]2CCCC[C@@H]21)C(C)C. The van der Waals surface area contributed by atoms with Crippen molar-refractivity contribution in [2.24, 2.45) is 23.7 Å². The summed E-state index contributed by atoms with van der Waals surface area (Å²) in [5, 5.41) is 5.48. The first-order valence-electron chi connectivity index (χ1n) is 28.4. The average Bonchev–Trinajstić information content (AvgIpc) is 4.40. The minimum atomic E-state index is -2.45. The van der Waals surface area contributed by atoms with E-state index < -0.39 is 59.5 Å². The number of ether oxygens (including phenoxy) is 2. The molecule has 4 fully saturated rings. The lowest BCUT2D eigenvalue weighted by molar-refractivity contribution is -0.139. The number of aromatic amines is 2. The molecule has 2 aliphatic heterocycles. The molecule has 4 amide bonds. The highest BCUT2D eigenvalue weighted by molar-refractivity contribution is 5.90. The second-order valence-corrected chi connectivity index (χ2v) is 23.8. The third-order valence-corrected chi connectivity index (χ3v) is 18.6. The number of H-pyrrole nitrogens is 2. The molecule has 7 aliphatic rings. The minimum Gasteiger partial charge on any atom is -0.453 e. The van der Waals surface area contributed by atoms with Crippen molar-refractivity contribution in [2.45, 2.75) is 160 Å². The number of rotatable bonds is 10. The van der Waals surface area contributed by atoms with Crippen LogP contribution in [0.25, 0.3) is 44.3 Å². The second kappa shape index (κ2) is 20.3. The number of likely N-dealkylation sites (tertiary alicyclic amines) is 2. The summed E-state index contributed by atoms with van der Waals surface area (Å²) >= 11 is 0. The highest BCUT2D eigenvalue weighted by atomic mass is 19.2. The van der Waals surface area contributed by atoms with Crippen LogP contribution in [0.3, 0.4) is 0 Å². The number of aryl methyl sites for hydroxylation is 2. The van der Waals surface area contributed by atoms with E-state index in [2.05, 4.69) is 20.6 Å². The number of hydrogen-bond acceptors (Lipinski definition) is 8. The van der Waals surface area contributed by atoms with E-state index in [-0.39, 0.29) is 112 Å². The first-order chi connectivity index (χ1) is 38.0. The topological polar surface area (TPSA) is 175 Å². The van der Waals surface area contributed by atoms with Crippen molar-refractivity contribution in [1.82, 2.24) is 40.4 Å². The Bertz CT molecular complexity index is 3450. The Labute approximate surface area is 456 Å². The number of benzene rings is 4. The van der Waals surface area contributed by atoms with Crippen LogP contribution >= 0.6 is 0 Å². The van der Waals surface area contributed by atoms with Gasteiger partial charge in [-0.2, -0.15) is 0 Å². The van der Waals surface area contributed by atoms with Gasteiger partial charge in [0.1, 0.15) is 40.6 Å². The summed E-state index contributed by atoms with van der Waals surface area (Å²) < 4.78 is 80.8. The Hall–Kier alpha value is -6.98. The van der Waals surface area contributed by atoms with Crippen LogP contribution in [-0.4, -0.2) is 92.1 Å². The van der Waals surface area contributed by atoms with Crippen LogP contribution in [0.15, 0.2) is 48.5 Å². The van der Waals surface area contributed by atoms with Crippen LogP contribution in [0.4, 0.5) is 27.2 Å². The largest absolute Gasteiger partial charge is 0.453 e. The molecule has 1 unspecified atom stereocenters. The zero-order valence-electron chi connectivity index (χ0n) is 45.5. The van der Waals surface area contributed by atoms with E-state index in [1.807, 2.05) is 43.6 Å². The van der Waals surface area contributed by atoms with E-state index in [1.54, 1.807) is 30.3 Å². The van der Waals surface area contributed by atoms with Gasteiger partial charge in [0.2, 0.25) is 11.8 Å². The van der Waals surface area contributed by atoms with E-state index in [4.69, 9.17) is 19.4 Å². The lowest BCUT2D eigenvalue weighted by atomic mass is 9.72. The summed E-state index contributed by atoms with van der Waals surface area (Å²) in [5.41, 5.74) is 0.815. The molecule has 0 spiro atoms. The monoisotopic (exact) mass is 1080 g/mol. The fraction of sp³-hybridized carbons (Fsp3) is 0.508. The number of carbonyl (C=O) groups excluding carboxylic acids is 4. The van der Waals surface area contributed by atoms with Gasteiger partial charge in [-0.1, -0.05) is 71.6 Å². The lowest BCUT2D eigenvalue weighted by Crippen LogP contribution is -2.53. The number of methoxy groups -OCH3 is 2. The average molecular weight is 1090 g/mol. The van der Waals surface area contributed by atoms with Gasteiger partial charge in [-0.3, -0.25) is 9.59 Å². The van der Waals surface area contributed by atoms with Gasteiger partial charge >= 0.3 is 12.2 Å². The summed E-state index contributed by atoms with van der Waals surface area (Å²) in [6.07, 6.45) is 7.74. The summed E-state index contributed by atoms with van der Waals surface area (Å²) in [5.74, 6) is -1.97. The maximum absolute atomic E-state index is 18.9. The smallest absolute Gasteiger partial charge is 0.407 e. The highest BCUT2D eigenvalue weighted by Crippen LogP contribution is 2.54. The molecule has 2 saturated carbocycles. The number of alkyl halides is 1. The predicted molar refractivity (Wildman–Crippen MR) is 289 cm³/mol. The standard InChI is InChI=1S/C61H68F4N8O6/c1-29(2)51(70-59(76)78-5)57(74)72-44-13-9-7-11-33(44)27-46(72)55-66-42-19-17-36(49(63)53(42)68-55)38-23-32-21-22-61(65)40(25-32)35(38)16-15-31-24-39(48(61)41(62)26-31)37-18-20-43-54(50(37)64)69-56(67-43)47-28-34-12-8-10-14-45(34)73(47)58(75)52(30(3)4)71-60(77)79-6/h17-20,23-26,29-30,33-34,44-47,51-52H,7-16,21-22,27-28H2,1-6H3,(H,66,68)(H,67,69)(H,70,76)(H,71,77)/t33-,34-,44-,45-,46-,47-,51-,52-,61?/m0/s1. The fourth-order valence-electron chi connectivity index (χ4n) is 14.8. The lowest BCUT2D eigenvalue weighted by Gasteiger charge is -2.36. The van der Waals surface area contributed by atoms with Gasteiger partial charge in [-0.05, 0) is 152 Å². The summed E-state index contributed by atoms with van der Waals surface area (Å²) in [6, 6.07) is 10.3. The van der Waals surface area contributed by atoms with Gasteiger partial charge in [-0.15, -0.1) is 0 Å². The molecule has 6 aromatic rings. The Morgan fingerprint density at radius 2 is 1.11 bits per heavy atom. The van der Waals surface area contributed by atoms with Gasteiger partial charge in [0, 0.05) is 28.8 Å². The zero-order valence-corrected chi connectivity index (χ0v) is 45.5. The number of nitrogens with zero attached hydrogens (tertiary/aromatic N) is 4. The Morgan fingerprint density at radius 1 is 0.633 bits per heavy atom. The van der Waals surface area contributed by atoms with Gasteiger partial charge in [0.25, 0.3) is 0 Å². The number of hydrogen-bond donors (Lipinski definition) is 4. The molecule has 2 saturated heterocycles. The molecule has 18 heteroatoms. The van der Waals surface area contributed by atoms with Crippen LogP contribution in [0, 0.1) is 41.1 Å². The van der Waals surface area contributed by atoms with E-state index in [1.165, 1.54) is 26.4 Å². The molecule has 4 N–H and O–H groups in total. The molecule has 416 valence electrons. The van der Waals surface area contributed by atoms with Gasteiger partial charge < -0.3 is 39.9 Å². The molecule has 0 radical (unpaired) electrons. The van der Waals surface area contributed by atoms with Crippen LogP contribution < -0.4 is 10.6 Å². The molecule has 9 atom stereocenters. The Morgan fingerprint density at radius 3 is 1.62 bits per heavy atom. The minimum absolute atomic E-state index is 0.0223. The van der Waals surface area contributed by atoms with E-state index >= 15 is 17.6 Å². The third-order valence-electron chi connectivity index (χ3n) is 18.6. The van der Waals surface area contributed by atoms with Crippen LogP contribution in [0.5, 0.6) is 0 Å². The van der Waals surface area contributed by atoms with Crippen molar-refractivity contribution in [3.63, 3.8) is 0 Å². The van der Waals surface area contributed by atoms with Crippen molar-refractivity contribution < 1.29 is 46.2 Å². The summed E-state index contributed by atoms with van der Waals surface area (Å²) in [6.45, 7) is 7.45. The number of alkyl carbamates (subject to hydrolysis) is 2. The van der Waals surface area contributed by atoms with Crippen molar-refractivity contribution >= 4 is 46.1 Å². The molecular weight excluding hydrogens is 1020 g/mol.